The number of esters is 1. The van der Waals surface area contributed by atoms with Crippen LogP contribution in [0, 0.1) is 0 Å². The van der Waals surface area contributed by atoms with Crippen molar-refractivity contribution in [1.29, 1.82) is 0 Å². The van der Waals surface area contributed by atoms with Gasteiger partial charge < -0.3 is 21.1 Å². The Bertz CT molecular complexity index is 1180. The van der Waals surface area contributed by atoms with E-state index in [0.717, 1.165) is 21.9 Å². The molecule has 0 aliphatic rings. The van der Waals surface area contributed by atoms with E-state index < -0.39 is 35.4 Å². The number of carbonyl (C=O) groups excluding carboxylic acids is 3. The van der Waals surface area contributed by atoms with Gasteiger partial charge in [0.25, 0.3) is 0 Å². The maximum atomic E-state index is 13.5. The number of fused-ring (bicyclic) bond motifs is 1. The molecule has 7 nitrogen and oxygen atoms in total. The summed E-state index contributed by atoms with van der Waals surface area (Å²) >= 11 is 0. The largest absolute Gasteiger partial charge is 0.464 e. The summed E-state index contributed by atoms with van der Waals surface area (Å²) in [5.74, 6) is -1.43. The van der Waals surface area contributed by atoms with E-state index in [-0.39, 0.29) is 13.0 Å². The van der Waals surface area contributed by atoms with Gasteiger partial charge in [-0.15, -0.1) is 0 Å². The maximum Gasteiger partial charge on any atom is 0.328 e. The lowest BCUT2D eigenvalue weighted by atomic mass is 9.97. The van der Waals surface area contributed by atoms with Gasteiger partial charge in [0.05, 0.1) is 12.1 Å². The smallest absolute Gasteiger partial charge is 0.328 e. The first-order valence-corrected chi connectivity index (χ1v) is 12.3. The van der Waals surface area contributed by atoms with Crippen LogP contribution in [0.2, 0.25) is 0 Å². The predicted octanol–water partition coefficient (Wildman–Crippen LogP) is 3.29. The van der Waals surface area contributed by atoms with Crippen LogP contribution in [0.1, 0.15) is 38.3 Å². The molecule has 0 saturated heterocycles. The van der Waals surface area contributed by atoms with E-state index in [1.54, 1.807) is 20.8 Å². The third-order valence-electron chi connectivity index (χ3n) is 5.96. The normalized spacial score (nSPS) is 13.0. The minimum absolute atomic E-state index is 0.202. The number of carbonyl (C=O) groups is 3. The minimum atomic E-state index is -1.18. The van der Waals surface area contributed by atoms with Gasteiger partial charge in [-0.1, -0.05) is 72.8 Å². The highest BCUT2D eigenvalue weighted by molar-refractivity contribution is 5.94. The fraction of sp³-hybridized carbons (Fsp3) is 0.345. The highest BCUT2D eigenvalue weighted by Crippen LogP contribution is 2.20. The molecule has 0 aliphatic carbocycles. The molecule has 0 aromatic heterocycles. The average Bonchev–Trinajstić information content (AvgIpc) is 2.86. The van der Waals surface area contributed by atoms with Crippen LogP contribution in [0.15, 0.2) is 72.8 Å². The molecule has 0 unspecified atom stereocenters. The highest BCUT2D eigenvalue weighted by atomic mass is 16.5. The van der Waals surface area contributed by atoms with Gasteiger partial charge in [0.1, 0.15) is 12.1 Å². The van der Waals surface area contributed by atoms with Crippen molar-refractivity contribution >= 4 is 28.6 Å². The van der Waals surface area contributed by atoms with Crippen LogP contribution in [0.4, 0.5) is 0 Å². The average molecular weight is 490 g/mol. The van der Waals surface area contributed by atoms with Gasteiger partial charge in [0, 0.05) is 6.42 Å². The van der Waals surface area contributed by atoms with E-state index in [4.69, 9.17) is 10.5 Å². The van der Waals surface area contributed by atoms with Crippen molar-refractivity contribution in [3.05, 3.63) is 83.9 Å². The molecule has 0 fully saturated rings. The first kappa shape index (κ1) is 26.9. The summed E-state index contributed by atoms with van der Waals surface area (Å²) in [6.07, 6.45) is 1.19. The molecule has 7 heteroatoms. The van der Waals surface area contributed by atoms with E-state index in [9.17, 15) is 14.4 Å². The molecular weight excluding hydrogens is 454 g/mol. The number of nitrogens with two attached hydrogens (primary N) is 1. The summed E-state index contributed by atoms with van der Waals surface area (Å²) in [6.45, 7) is 5.09. The molecule has 36 heavy (non-hydrogen) atoms. The fourth-order valence-corrected chi connectivity index (χ4v) is 3.96. The monoisotopic (exact) mass is 489 g/mol. The van der Waals surface area contributed by atoms with E-state index in [1.165, 1.54) is 0 Å². The van der Waals surface area contributed by atoms with Crippen molar-refractivity contribution in [3.63, 3.8) is 0 Å². The Morgan fingerprint density at radius 3 is 2.25 bits per heavy atom. The van der Waals surface area contributed by atoms with Gasteiger partial charge in [-0.3, -0.25) is 9.59 Å². The predicted molar refractivity (Wildman–Crippen MR) is 141 cm³/mol. The Hall–Kier alpha value is -3.71. The third-order valence-corrected chi connectivity index (χ3v) is 5.96. The second-order valence-electron chi connectivity index (χ2n) is 9.43. The van der Waals surface area contributed by atoms with Crippen LogP contribution < -0.4 is 16.4 Å². The van der Waals surface area contributed by atoms with Crippen LogP contribution in [0.25, 0.3) is 10.8 Å². The molecule has 0 saturated carbocycles. The summed E-state index contributed by atoms with van der Waals surface area (Å²) in [5, 5.41) is 7.64. The Morgan fingerprint density at radius 2 is 1.56 bits per heavy atom. The zero-order valence-corrected chi connectivity index (χ0v) is 21.1. The lowest BCUT2D eigenvalue weighted by molar-refractivity contribution is -0.147. The van der Waals surface area contributed by atoms with Crippen LogP contribution in [0.5, 0.6) is 0 Å². The summed E-state index contributed by atoms with van der Waals surface area (Å²) in [6, 6.07) is 21.6. The number of rotatable bonds is 11. The lowest BCUT2D eigenvalue weighted by Crippen LogP contribution is -2.58. The molecule has 2 atom stereocenters. The molecule has 0 aliphatic heterocycles. The van der Waals surface area contributed by atoms with E-state index >= 15 is 0 Å². The third kappa shape index (κ3) is 7.39. The number of benzene rings is 3. The molecule has 0 radical (unpaired) electrons. The fourth-order valence-electron chi connectivity index (χ4n) is 3.96. The highest BCUT2D eigenvalue weighted by Gasteiger charge is 2.31. The summed E-state index contributed by atoms with van der Waals surface area (Å²) < 4.78 is 5.22. The van der Waals surface area contributed by atoms with Gasteiger partial charge in [-0.05, 0) is 55.5 Å². The van der Waals surface area contributed by atoms with Gasteiger partial charge in [-0.25, -0.2) is 4.79 Å². The Labute approximate surface area is 212 Å². The van der Waals surface area contributed by atoms with E-state index in [1.807, 2.05) is 72.8 Å². The number of nitrogens with one attached hydrogen (secondary N) is 2. The van der Waals surface area contributed by atoms with Crippen molar-refractivity contribution in [2.24, 2.45) is 5.73 Å². The van der Waals surface area contributed by atoms with Crippen molar-refractivity contribution < 1.29 is 19.1 Å². The molecule has 3 rings (SSSR count). The topological polar surface area (TPSA) is 111 Å². The van der Waals surface area contributed by atoms with Crippen LogP contribution in [-0.2, 0) is 32.0 Å². The van der Waals surface area contributed by atoms with Crippen molar-refractivity contribution in [2.45, 2.75) is 57.7 Å². The van der Waals surface area contributed by atoms with E-state index in [0.29, 0.717) is 12.8 Å². The van der Waals surface area contributed by atoms with Crippen LogP contribution in [-0.4, -0.2) is 42.0 Å². The van der Waals surface area contributed by atoms with Crippen LogP contribution >= 0.6 is 0 Å². The number of hydrogen-bond donors (Lipinski definition) is 3. The zero-order chi connectivity index (χ0) is 26.1. The Balaban J connectivity index is 1.84. The second kappa shape index (κ2) is 12.3. The number of aryl methyl sites for hydroxylation is 1. The molecule has 4 N–H and O–H groups in total. The Kier molecular flexibility index (Phi) is 9.19. The van der Waals surface area contributed by atoms with Gasteiger partial charge >= 0.3 is 5.97 Å². The first-order valence-electron chi connectivity index (χ1n) is 12.3. The molecule has 0 spiro atoms. The quantitative estimate of drug-likeness (QED) is 0.358. The SMILES string of the molecule is CCOC(=O)[C@@H](CCc1ccccc1)NC(=O)[C@H](Cc1cccc2ccccc12)NC(=O)C(C)(C)N. The zero-order valence-electron chi connectivity index (χ0n) is 21.1. The lowest BCUT2D eigenvalue weighted by Gasteiger charge is -2.26. The molecule has 0 bridgehead atoms. The van der Waals surface area contributed by atoms with Crippen molar-refractivity contribution in [2.75, 3.05) is 6.61 Å². The standard InChI is InChI=1S/C29H35N3O4/c1-4-36-27(34)24(18-17-20-11-6-5-7-12-20)31-26(33)25(32-28(35)29(2,3)30)19-22-15-10-14-21-13-8-9-16-23(21)22/h5-16,24-25H,4,17-19,30H2,1-3H3,(H,31,33)(H,32,35)/t24-,25+/m1/s1. The van der Waals surface area contributed by atoms with Gasteiger partial charge in [-0.2, -0.15) is 0 Å². The minimum Gasteiger partial charge on any atom is -0.464 e. The number of hydrogen-bond acceptors (Lipinski definition) is 5. The van der Waals surface area contributed by atoms with E-state index in [2.05, 4.69) is 10.6 Å². The number of ether oxygens (including phenoxy) is 1. The summed E-state index contributed by atoms with van der Waals surface area (Å²) in [7, 11) is 0. The molecular formula is C29H35N3O4. The number of amides is 2. The molecule has 3 aromatic rings. The summed E-state index contributed by atoms with van der Waals surface area (Å²) in [4.78, 5) is 39.0. The summed E-state index contributed by atoms with van der Waals surface area (Å²) in [5.41, 5.74) is 6.77. The van der Waals surface area contributed by atoms with Crippen molar-refractivity contribution in [1.82, 2.24) is 10.6 Å². The van der Waals surface area contributed by atoms with Gasteiger partial charge in [0.2, 0.25) is 11.8 Å². The van der Waals surface area contributed by atoms with Gasteiger partial charge in [0.15, 0.2) is 0 Å². The Morgan fingerprint density at radius 1 is 0.889 bits per heavy atom. The molecule has 3 aromatic carbocycles. The maximum absolute atomic E-state index is 13.5. The second-order valence-corrected chi connectivity index (χ2v) is 9.43. The molecule has 2 amide bonds. The molecule has 0 heterocycles. The first-order chi connectivity index (χ1) is 17.2. The molecule has 190 valence electrons. The van der Waals surface area contributed by atoms with Crippen molar-refractivity contribution in [3.8, 4) is 0 Å². The van der Waals surface area contributed by atoms with Crippen LogP contribution in [0.3, 0.4) is 0 Å².